The third-order valence-electron chi connectivity index (χ3n) is 8.13. The number of Topliss-reactive ketones (excluding diaryl/α,β-unsaturated/α-hetero) is 1. The van der Waals surface area contributed by atoms with Gasteiger partial charge in [-0.15, -0.1) is 0 Å². The molecule has 3 rings (SSSR count). The van der Waals surface area contributed by atoms with E-state index in [0.717, 1.165) is 5.56 Å². The molecule has 8 nitrogen and oxygen atoms in total. The summed E-state index contributed by atoms with van der Waals surface area (Å²) < 4.78 is 5.17. The Hall–Kier alpha value is -3.10. The van der Waals surface area contributed by atoms with E-state index in [2.05, 4.69) is 11.9 Å². The van der Waals surface area contributed by atoms with Gasteiger partial charge in [0.05, 0.1) is 13.2 Å². The van der Waals surface area contributed by atoms with Gasteiger partial charge in [0, 0.05) is 30.2 Å². The number of rotatable bonds is 10. The highest BCUT2D eigenvalue weighted by molar-refractivity contribution is 6.06. The highest BCUT2D eigenvalue weighted by atomic mass is 16.5. The van der Waals surface area contributed by atoms with Gasteiger partial charge in [0.1, 0.15) is 11.9 Å². The van der Waals surface area contributed by atoms with E-state index in [4.69, 9.17) is 4.74 Å². The summed E-state index contributed by atoms with van der Waals surface area (Å²) in [7, 11) is 1.23. The van der Waals surface area contributed by atoms with Gasteiger partial charge in [0.25, 0.3) is 0 Å². The predicted octanol–water partition coefficient (Wildman–Crippen LogP) is 2.18. The van der Waals surface area contributed by atoms with Crippen molar-refractivity contribution in [3.63, 3.8) is 0 Å². The monoisotopic (exact) mass is 511 g/mol. The Morgan fingerprint density at radius 3 is 2.54 bits per heavy atom. The maximum Gasteiger partial charge on any atom is 0.322 e. The van der Waals surface area contributed by atoms with Crippen LogP contribution < -0.4 is 5.32 Å². The van der Waals surface area contributed by atoms with E-state index >= 15 is 0 Å². The Balaban J connectivity index is 1.98. The number of aliphatic hydroxyl groups excluding tert-OH is 1. The van der Waals surface area contributed by atoms with Crippen LogP contribution in [-0.4, -0.2) is 59.0 Å². The number of hydrogen-bond donors (Lipinski definition) is 3. The van der Waals surface area contributed by atoms with Crippen molar-refractivity contribution in [2.24, 2.45) is 29.1 Å². The lowest BCUT2D eigenvalue weighted by Crippen LogP contribution is -2.58. The van der Waals surface area contributed by atoms with Crippen LogP contribution in [0.25, 0.3) is 0 Å². The minimum atomic E-state index is -1.78. The minimum Gasteiger partial charge on any atom is -0.468 e. The molecule has 2 aliphatic rings. The molecule has 8 unspecified atom stereocenters. The molecule has 0 spiro atoms. The lowest BCUT2D eigenvalue weighted by atomic mass is 9.53. The molecule has 1 aromatic carbocycles. The first-order valence-electron chi connectivity index (χ1n) is 12.6. The molecule has 200 valence electrons. The second kappa shape index (κ2) is 11.1. The number of carbonyl (C=O) groups is 4. The van der Waals surface area contributed by atoms with Crippen LogP contribution in [0.2, 0.25) is 0 Å². The number of esters is 1. The predicted molar refractivity (Wildman–Crippen MR) is 137 cm³/mol. The summed E-state index contributed by atoms with van der Waals surface area (Å²) in [4.78, 5) is 50.5. The number of ether oxygens (including phenoxy) is 1. The molecule has 1 heterocycles. The topological polar surface area (TPSA) is 130 Å². The average molecular weight is 512 g/mol. The maximum absolute atomic E-state index is 13.6. The summed E-state index contributed by atoms with van der Waals surface area (Å²) in [6, 6.07) is 9.25. The van der Waals surface area contributed by atoms with Gasteiger partial charge < -0.3 is 25.1 Å². The molecule has 3 N–H and O–H groups in total. The van der Waals surface area contributed by atoms with Crippen LogP contribution in [0.1, 0.15) is 39.2 Å². The molecular formula is C29H37NO7. The molecule has 1 aliphatic heterocycles. The molecule has 37 heavy (non-hydrogen) atoms. The van der Waals surface area contributed by atoms with Crippen LogP contribution in [0.5, 0.6) is 0 Å². The van der Waals surface area contributed by atoms with Crippen LogP contribution in [-0.2, 0) is 30.3 Å². The second-order valence-corrected chi connectivity index (χ2v) is 10.6. The molecule has 0 bridgehead atoms. The lowest BCUT2D eigenvalue weighted by molar-refractivity contribution is -0.169. The Kier molecular flexibility index (Phi) is 8.55. The van der Waals surface area contributed by atoms with Crippen LogP contribution >= 0.6 is 0 Å². The van der Waals surface area contributed by atoms with E-state index in [9.17, 15) is 29.4 Å². The molecule has 1 aromatic rings. The number of carbonyl (C=O) groups excluding carboxylic acids is 4. The quantitative estimate of drug-likeness (QED) is 0.190. The van der Waals surface area contributed by atoms with Crippen LogP contribution in [0.3, 0.4) is 0 Å². The summed E-state index contributed by atoms with van der Waals surface area (Å²) in [6.45, 7) is 8.89. The summed E-state index contributed by atoms with van der Waals surface area (Å²) in [5, 5.41) is 24.5. The number of benzene rings is 1. The van der Waals surface area contributed by atoms with Crippen molar-refractivity contribution >= 4 is 23.9 Å². The highest BCUT2D eigenvalue weighted by Crippen LogP contribution is 2.56. The molecule has 8 atom stereocenters. The molecule has 1 saturated heterocycles. The lowest BCUT2D eigenvalue weighted by Gasteiger charge is -2.48. The zero-order valence-electron chi connectivity index (χ0n) is 21.8. The van der Waals surface area contributed by atoms with Crippen LogP contribution in [0.4, 0.5) is 0 Å². The Bertz CT molecular complexity index is 1080. The SMILES string of the molecule is C=C1C(C)C2C(Cc3ccccc3)NC(=O)C2(C(=O)OC)C(C=CCC(C)C(=O)C(C)(O)CC=O)C1O. The third kappa shape index (κ3) is 5.05. The fraction of sp³-hybridized carbons (Fsp3) is 0.517. The summed E-state index contributed by atoms with van der Waals surface area (Å²) >= 11 is 0. The molecule has 1 saturated carbocycles. The van der Waals surface area contributed by atoms with Crippen LogP contribution in [0.15, 0.2) is 54.6 Å². The Labute approximate surface area is 217 Å². The molecule has 8 heteroatoms. The first-order valence-corrected chi connectivity index (χ1v) is 12.6. The average Bonchev–Trinajstić information content (AvgIpc) is 3.16. The van der Waals surface area contributed by atoms with Crippen molar-refractivity contribution in [3.05, 3.63) is 60.2 Å². The van der Waals surface area contributed by atoms with E-state index in [0.29, 0.717) is 18.3 Å². The number of hydrogen-bond acceptors (Lipinski definition) is 7. The first kappa shape index (κ1) is 28.5. The van der Waals surface area contributed by atoms with Crippen molar-refractivity contribution in [2.75, 3.05) is 7.11 Å². The van der Waals surface area contributed by atoms with Crippen molar-refractivity contribution in [3.8, 4) is 0 Å². The van der Waals surface area contributed by atoms with Crippen molar-refractivity contribution in [1.29, 1.82) is 0 Å². The smallest absolute Gasteiger partial charge is 0.322 e. The molecule has 0 aromatic heterocycles. The second-order valence-electron chi connectivity index (χ2n) is 10.6. The largest absolute Gasteiger partial charge is 0.468 e. The number of ketones is 1. The molecule has 2 fully saturated rings. The number of aldehydes is 1. The number of methoxy groups -OCH3 is 1. The Morgan fingerprint density at radius 2 is 1.95 bits per heavy atom. The van der Waals surface area contributed by atoms with E-state index in [1.807, 2.05) is 37.3 Å². The Morgan fingerprint density at radius 1 is 1.30 bits per heavy atom. The van der Waals surface area contributed by atoms with E-state index < -0.39 is 52.5 Å². The fourth-order valence-corrected chi connectivity index (χ4v) is 6.11. The van der Waals surface area contributed by atoms with Crippen molar-refractivity contribution < 1.29 is 34.1 Å². The van der Waals surface area contributed by atoms with Gasteiger partial charge >= 0.3 is 5.97 Å². The van der Waals surface area contributed by atoms with E-state index in [1.54, 1.807) is 19.1 Å². The zero-order valence-corrected chi connectivity index (χ0v) is 21.8. The van der Waals surface area contributed by atoms with Gasteiger partial charge in [0.15, 0.2) is 11.2 Å². The zero-order chi connectivity index (χ0) is 27.5. The molecule has 1 aliphatic carbocycles. The van der Waals surface area contributed by atoms with Crippen LogP contribution in [0, 0.1) is 29.1 Å². The highest BCUT2D eigenvalue weighted by Gasteiger charge is 2.69. The summed E-state index contributed by atoms with van der Waals surface area (Å²) in [5.74, 6) is -4.20. The number of fused-ring (bicyclic) bond motifs is 1. The normalized spacial score (nSPS) is 31.8. The molecule has 0 radical (unpaired) electrons. The van der Waals surface area contributed by atoms with Crippen molar-refractivity contribution in [1.82, 2.24) is 5.32 Å². The number of nitrogens with one attached hydrogen (secondary N) is 1. The minimum absolute atomic E-state index is 0.177. The van der Waals surface area contributed by atoms with Gasteiger partial charge in [0.2, 0.25) is 5.91 Å². The number of amides is 1. The van der Waals surface area contributed by atoms with Gasteiger partial charge in [-0.1, -0.05) is 62.9 Å². The van der Waals surface area contributed by atoms with E-state index in [1.165, 1.54) is 14.0 Å². The molecule has 1 amide bonds. The van der Waals surface area contributed by atoms with Gasteiger partial charge in [-0.05, 0) is 36.8 Å². The van der Waals surface area contributed by atoms with Crippen molar-refractivity contribution in [2.45, 2.75) is 57.8 Å². The number of allylic oxidation sites excluding steroid dienone is 1. The van der Waals surface area contributed by atoms with Gasteiger partial charge in [-0.3, -0.25) is 14.4 Å². The summed E-state index contributed by atoms with van der Waals surface area (Å²) in [6.07, 6.45) is 2.90. The fourth-order valence-electron chi connectivity index (χ4n) is 6.11. The molecular weight excluding hydrogens is 474 g/mol. The summed E-state index contributed by atoms with van der Waals surface area (Å²) in [5.41, 5.74) is -1.94. The van der Waals surface area contributed by atoms with E-state index in [-0.39, 0.29) is 24.8 Å². The van der Waals surface area contributed by atoms with Gasteiger partial charge in [-0.2, -0.15) is 0 Å². The standard InChI is InChI=1S/C29H37NO7/c1-17(25(33)28(4,36)14-15-31)10-9-13-21-24(32)19(3)18(2)23-22(16-20-11-7-6-8-12-20)30-26(34)29(21,23)27(35)37-5/h6-9,11-13,15,17-18,21-24,32,36H,3,10,14,16H2,1-2,4-5H3,(H,30,34). The maximum atomic E-state index is 13.6. The first-order chi connectivity index (χ1) is 17.4. The van der Waals surface area contributed by atoms with Gasteiger partial charge in [-0.25, -0.2) is 0 Å². The third-order valence-corrected chi connectivity index (χ3v) is 8.13. The number of aliphatic hydroxyl groups is 2.